The van der Waals surface area contributed by atoms with Crippen LogP contribution in [0.1, 0.15) is 60.3 Å². The quantitative estimate of drug-likeness (QED) is 0.282. The molecule has 2 N–H and O–H groups in total. The Labute approximate surface area is 227 Å². The number of halogens is 3. The monoisotopic (exact) mass is 545 g/mol. The van der Waals surface area contributed by atoms with Crippen LogP contribution in [-0.4, -0.2) is 39.5 Å². The van der Waals surface area contributed by atoms with Crippen LogP contribution in [0.3, 0.4) is 0 Å². The van der Waals surface area contributed by atoms with E-state index < -0.39 is 11.9 Å². The van der Waals surface area contributed by atoms with E-state index in [-0.39, 0.29) is 0 Å². The highest BCUT2D eigenvalue weighted by Crippen LogP contribution is 2.43. The summed E-state index contributed by atoms with van der Waals surface area (Å²) in [6.07, 6.45) is 4.28. The third-order valence-corrected chi connectivity index (χ3v) is 7.55. The molecule has 0 unspecified atom stereocenters. The molecule has 40 heavy (non-hydrogen) atoms. The zero-order chi connectivity index (χ0) is 27.4. The Bertz CT molecular complexity index is 1730. The number of nitrogens with one attached hydrogen (secondary N) is 2. The third-order valence-electron chi connectivity index (χ3n) is 7.55. The van der Waals surface area contributed by atoms with Gasteiger partial charge in [-0.05, 0) is 43.2 Å². The molecule has 0 atom stereocenters. The topological polar surface area (TPSA) is 110 Å². The van der Waals surface area contributed by atoms with Crippen molar-refractivity contribution in [3.63, 3.8) is 0 Å². The molecule has 1 aliphatic heterocycles. The van der Waals surface area contributed by atoms with Crippen LogP contribution in [0.25, 0.3) is 33.9 Å². The fourth-order valence-electron chi connectivity index (χ4n) is 5.43. The lowest BCUT2D eigenvalue weighted by Crippen LogP contribution is -2.08. The molecule has 204 valence electrons. The maximum Gasteiger partial charge on any atom is 0.434 e. The molecule has 0 spiro atoms. The van der Waals surface area contributed by atoms with E-state index in [0.717, 1.165) is 71.9 Å². The molecule has 5 aromatic rings. The van der Waals surface area contributed by atoms with Gasteiger partial charge in [0.25, 0.3) is 0 Å². The van der Waals surface area contributed by atoms with Crippen molar-refractivity contribution >= 4 is 17.0 Å². The van der Waals surface area contributed by atoms with Gasteiger partial charge in [0.05, 0.1) is 23.3 Å². The minimum Gasteiger partial charge on any atom is -0.364 e. The molecule has 4 aromatic heterocycles. The summed E-state index contributed by atoms with van der Waals surface area (Å²) >= 11 is 0. The van der Waals surface area contributed by atoms with Crippen molar-refractivity contribution in [3.05, 3.63) is 65.3 Å². The third kappa shape index (κ3) is 4.37. The maximum absolute atomic E-state index is 13.3. The number of aromatic nitrogens is 8. The van der Waals surface area contributed by atoms with Crippen molar-refractivity contribution in [1.82, 2.24) is 39.5 Å². The van der Waals surface area contributed by atoms with Gasteiger partial charge in [-0.3, -0.25) is 0 Å². The first-order valence-corrected chi connectivity index (χ1v) is 13.4. The van der Waals surface area contributed by atoms with Gasteiger partial charge in [0.2, 0.25) is 0 Å². The number of aromatic amines is 1. The zero-order valence-corrected chi connectivity index (χ0v) is 21.8. The van der Waals surface area contributed by atoms with Crippen molar-refractivity contribution in [2.45, 2.75) is 64.2 Å². The van der Waals surface area contributed by atoms with Crippen LogP contribution in [0.4, 0.5) is 19.0 Å². The highest BCUT2D eigenvalue weighted by molar-refractivity contribution is 5.85. The van der Waals surface area contributed by atoms with E-state index in [1.807, 2.05) is 18.2 Å². The van der Waals surface area contributed by atoms with Gasteiger partial charge in [-0.15, -0.1) is 0 Å². The number of nitrogens with zero attached hydrogens (tertiary/aromatic N) is 7. The Morgan fingerprint density at radius 1 is 1.10 bits per heavy atom. The van der Waals surface area contributed by atoms with E-state index in [9.17, 15) is 13.2 Å². The van der Waals surface area contributed by atoms with Crippen molar-refractivity contribution in [1.29, 1.82) is 0 Å². The van der Waals surface area contributed by atoms with E-state index in [1.165, 1.54) is 0 Å². The second-order valence-electron chi connectivity index (χ2n) is 10.3. The van der Waals surface area contributed by atoms with Crippen LogP contribution in [0.5, 0.6) is 0 Å². The van der Waals surface area contributed by atoms with Gasteiger partial charge in [-0.1, -0.05) is 25.1 Å². The summed E-state index contributed by atoms with van der Waals surface area (Å²) < 4.78 is 41.5. The largest absolute Gasteiger partial charge is 0.434 e. The predicted octanol–water partition coefficient (Wildman–Crippen LogP) is 5.69. The molecule has 0 amide bonds. The average molecular weight is 546 g/mol. The number of fused-ring (bicyclic) bond motifs is 4. The molecule has 12 heteroatoms. The minimum atomic E-state index is -4.47. The van der Waals surface area contributed by atoms with E-state index in [1.54, 1.807) is 17.2 Å². The first-order valence-electron chi connectivity index (χ1n) is 13.4. The molecule has 1 aliphatic carbocycles. The molecule has 0 saturated heterocycles. The Kier molecular flexibility index (Phi) is 5.79. The van der Waals surface area contributed by atoms with Crippen LogP contribution < -0.4 is 5.32 Å². The highest BCUT2D eigenvalue weighted by atomic mass is 19.4. The van der Waals surface area contributed by atoms with Gasteiger partial charge in [-0.25, -0.2) is 29.9 Å². The number of hydrogen-bond donors (Lipinski definition) is 2. The minimum absolute atomic E-state index is 0.363. The van der Waals surface area contributed by atoms with Crippen LogP contribution in [-0.2, 0) is 32.1 Å². The lowest BCUT2D eigenvalue weighted by Gasteiger charge is -2.14. The zero-order valence-electron chi connectivity index (χ0n) is 21.8. The number of rotatable bonds is 6. The fourth-order valence-corrected chi connectivity index (χ4v) is 5.43. The van der Waals surface area contributed by atoms with E-state index in [0.29, 0.717) is 47.6 Å². The molecule has 0 bridgehead atoms. The van der Waals surface area contributed by atoms with Crippen LogP contribution >= 0.6 is 0 Å². The number of H-pyrrole nitrogens is 1. The number of alkyl halides is 3. The van der Waals surface area contributed by atoms with Crippen molar-refractivity contribution in [2.75, 3.05) is 5.32 Å². The Morgan fingerprint density at radius 2 is 1.98 bits per heavy atom. The van der Waals surface area contributed by atoms with Gasteiger partial charge in [0.1, 0.15) is 17.7 Å². The van der Waals surface area contributed by atoms with Crippen LogP contribution in [0, 0.1) is 0 Å². The molecule has 7 rings (SSSR count). The van der Waals surface area contributed by atoms with Gasteiger partial charge < -0.3 is 14.9 Å². The second-order valence-corrected chi connectivity index (χ2v) is 10.3. The number of anilines is 1. The summed E-state index contributed by atoms with van der Waals surface area (Å²) in [4.78, 5) is 30.2. The first-order chi connectivity index (χ1) is 19.4. The molecule has 1 fully saturated rings. The normalized spacial score (nSPS) is 15.1. The number of imidazole rings is 2. The maximum atomic E-state index is 13.3. The Hall–Kier alpha value is -4.35. The average Bonchev–Trinajstić information content (AvgIpc) is 3.57. The highest BCUT2D eigenvalue weighted by Gasteiger charge is 2.35. The first kappa shape index (κ1) is 24.7. The summed E-state index contributed by atoms with van der Waals surface area (Å²) in [5, 5.41) is 3.43. The van der Waals surface area contributed by atoms with Crippen LogP contribution in [0.2, 0.25) is 0 Å². The fraction of sp³-hybridized carbons (Fsp3) is 0.357. The van der Waals surface area contributed by atoms with Gasteiger partial charge in [0, 0.05) is 30.8 Å². The molecule has 5 heterocycles. The lowest BCUT2D eigenvalue weighted by atomic mass is 10.0. The van der Waals surface area contributed by atoms with E-state index >= 15 is 0 Å². The second kappa shape index (κ2) is 9.39. The SMILES string of the molecule is CCc1ncnc(C2CC2)c1-c1nc(NCc2ccc3c(c2)CCCn2cc(C(F)(F)F)nc2-3)c2[nH]cnc2n1. The summed E-state index contributed by atoms with van der Waals surface area (Å²) in [6, 6.07) is 5.82. The van der Waals surface area contributed by atoms with Crippen molar-refractivity contribution in [2.24, 2.45) is 0 Å². The van der Waals surface area contributed by atoms with Gasteiger partial charge >= 0.3 is 6.18 Å². The number of hydrogen-bond acceptors (Lipinski definition) is 7. The summed E-state index contributed by atoms with van der Waals surface area (Å²) in [5.74, 6) is 1.93. The standard InChI is InChI=1S/C28H26F3N9/c1-2-19-21(22(16-6-7-16)34-13-33-19)24-38-25(23-26(39-24)36-14-35-23)32-11-15-5-8-18-17(10-15)4-3-9-40-12-20(28(29,30)31)37-27(18)40/h5,8,10,12-14,16H,2-4,6-7,9,11H2,1H3,(H2,32,35,36,38,39). The Morgan fingerprint density at radius 3 is 2.77 bits per heavy atom. The predicted molar refractivity (Wildman–Crippen MR) is 142 cm³/mol. The summed E-state index contributed by atoms with van der Waals surface area (Å²) in [6.45, 7) is 3.01. The summed E-state index contributed by atoms with van der Waals surface area (Å²) in [7, 11) is 0. The molecule has 9 nitrogen and oxygen atoms in total. The van der Waals surface area contributed by atoms with E-state index in [2.05, 4.69) is 37.2 Å². The van der Waals surface area contributed by atoms with Gasteiger partial charge in [-0.2, -0.15) is 13.2 Å². The molecule has 1 aromatic carbocycles. The molecule has 1 saturated carbocycles. The smallest absolute Gasteiger partial charge is 0.364 e. The Balaban J connectivity index is 1.21. The molecule has 2 aliphatic rings. The number of benzene rings is 1. The number of aryl methyl sites for hydroxylation is 3. The van der Waals surface area contributed by atoms with Gasteiger partial charge in [0.15, 0.2) is 23.0 Å². The molecule has 0 radical (unpaired) electrons. The van der Waals surface area contributed by atoms with E-state index in [4.69, 9.17) is 9.97 Å². The molecular weight excluding hydrogens is 519 g/mol. The van der Waals surface area contributed by atoms with Crippen molar-refractivity contribution in [3.8, 4) is 22.8 Å². The summed E-state index contributed by atoms with van der Waals surface area (Å²) in [5.41, 5.74) is 5.89. The van der Waals surface area contributed by atoms with Crippen LogP contribution in [0.15, 0.2) is 37.1 Å². The lowest BCUT2D eigenvalue weighted by molar-refractivity contribution is -0.140. The molecular formula is C28H26F3N9. The van der Waals surface area contributed by atoms with Crippen molar-refractivity contribution < 1.29 is 13.2 Å².